The molecule has 1 aliphatic heterocycles. The van der Waals surface area contributed by atoms with Gasteiger partial charge < -0.3 is 10.1 Å². The molecule has 2 heterocycles. The third-order valence-electron chi connectivity index (χ3n) is 4.04. The molecule has 0 saturated carbocycles. The number of amides is 2. The number of fused-ring (bicyclic) bond motifs is 1. The van der Waals surface area contributed by atoms with Gasteiger partial charge in [-0.3, -0.25) is 14.5 Å². The molecule has 1 atom stereocenters. The molecule has 2 aromatic rings. The molecular formula is C17H20N4O3. The van der Waals surface area contributed by atoms with E-state index < -0.39 is 6.04 Å². The molecule has 24 heavy (non-hydrogen) atoms. The van der Waals surface area contributed by atoms with Crippen LogP contribution in [-0.4, -0.2) is 34.7 Å². The molecule has 126 valence electrons. The van der Waals surface area contributed by atoms with Crippen LogP contribution in [0, 0.1) is 6.92 Å². The molecule has 1 aromatic carbocycles. The van der Waals surface area contributed by atoms with Gasteiger partial charge in [0.05, 0.1) is 19.3 Å². The van der Waals surface area contributed by atoms with Crippen LogP contribution in [-0.2, 0) is 16.1 Å². The highest BCUT2D eigenvalue weighted by Gasteiger charge is 2.33. The number of ether oxygens (including phenoxy) is 1. The number of methoxy groups -OCH3 is 1. The summed E-state index contributed by atoms with van der Waals surface area (Å²) < 4.78 is 6.92. The van der Waals surface area contributed by atoms with Crippen molar-refractivity contribution in [3.8, 4) is 5.75 Å². The summed E-state index contributed by atoms with van der Waals surface area (Å²) in [5, 5.41) is 7.19. The van der Waals surface area contributed by atoms with E-state index in [0.717, 1.165) is 5.69 Å². The number of rotatable bonds is 4. The van der Waals surface area contributed by atoms with E-state index in [1.54, 1.807) is 43.0 Å². The molecule has 0 unspecified atom stereocenters. The van der Waals surface area contributed by atoms with Gasteiger partial charge in [-0.1, -0.05) is 6.07 Å². The molecule has 3 rings (SSSR count). The van der Waals surface area contributed by atoms with Gasteiger partial charge in [0.15, 0.2) is 0 Å². The van der Waals surface area contributed by atoms with Gasteiger partial charge >= 0.3 is 0 Å². The van der Waals surface area contributed by atoms with Crippen LogP contribution in [0.4, 0.5) is 11.5 Å². The Kier molecular flexibility index (Phi) is 4.24. The van der Waals surface area contributed by atoms with Crippen LogP contribution in [0.3, 0.4) is 0 Å². The zero-order valence-electron chi connectivity index (χ0n) is 13.9. The first-order valence-corrected chi connectivity index (χ1v) is 7.81. The lowest BCUT2D eigenvalue weighted by Crippen LogP contribution is -2.49. The van der Waals surface area contributed by atoms with Gasteiger partial charge in [0.2, 0.25) is 11.8 Å². The van der Waals surface area contributed by atoms with E-state index in [4.69, 9.17) is 4.74 Å². The first kappa shape index (κ1) is 16.0. The Morgan fingerprint density at radius 1 is 1.38 bits per heavy atom. The Labute approximate surface area is 140 Å². The van der Waals surface area contributed by atoms with Crippen LogP contribution in [0.2, 0.25) is 0 Å². The lowest BCUT2D eigenvalue weighted by atomic mass is 10.2. The first-order chi connectivity index (χ1) is 11.5. The SMILES string of the molecule is COc1cccc(NC(=O)[C@@H](C)N2C(=O)CCn3nc(C)cc32)c1. The molecule has 0 aliphatic carbocycles. The van der Waals surface area contributed by atoms with E-state index in [-0.39, 0.29) is 11.8 Å². The van der Waals surface area contributed by atoms with E-state index in [0.29, 0.717) is 30.2 Å². The van der Waals surface area contributed by atoms with Gasteiger partial charge in [-0.25, -0.2) is 4.68 Å². The van der Waals surface area contributed by atoms with Crippen LogP contribution in [0.1, 0.15) is 19.0 Å². The first-order valence-electron chi connectivity index (χ1n) is 7.81. The Balaban J connectivity index is 1.81. The summed E-state index contributed by atoms with van der Waals surface area (Å²) in [5.41, 5.74) is 1.45. The van der Waals surface area contributed by atoms with Crippen molar-refractivity contribution in [2.45, 2.75) is 32.9 Å². The fourth-order valence-electron chi connectivity index (χ4n) is 2.82. The molecule has 2 amide bonds. The fourth-order valence-corrected chi connectivity index (χ4v) is 2.82. The summed E-state index contributed by atoms with van der Waals surface area (Å²) in [6.45, 7) is 4.13. The van der Waals surface area contributed by atoms with Crippen LogP contribution >= 0.6 is 0 Å². The van der Waals surface area contributed by atoms with Crippen LogP contribution < -0.4 is 15.0 Å². The Morgan fingerprint density at radius 2 is 2.17 bits per heavy atom. The number of aryl methyl sites for hydroxylation is 2. The van der Waals surface area contributed by atoms with E-state index >= 15 is 0 Å². The number of nitrogens with one attached hydrogen (secondary N) is 1. The molecule has 0 radical (unpaired) electrons. The van der Waals surface area contributed by atoms with Crippen molar-refractivity contribution in [2.24, 2.45) is 0 Å². The van der Waals surface area contributed by atoms with Gasteiger partial charge in [0.1, 0.15) is 17.6 Å². The second-order valence-corrected chi connectivity index (χ2v) is 5.78. The van der Waals surface area contributed by atoms with Crippen molar-refractivity contribution < 1.29 is 14.3 Å². The maximum Gasteiger partial charge on any atom is 0.247 e. The van der Waals surface area contributed by atoms with Crippen LogP contribution in [0.5, 0.6) is 5.75 Å². The largest absolute Gasteiger partial charge is 0.497 e. The van der Waals surface area contributed by atoms with Gasteiger partial charge in [0, 0.05) is 24.2 Å². The maximum absolute atomic E-state index is 12.6. The quantitative estimate of drug-likeness (QED) is 0.931. The zero-order valence-corrected chi connectivity index (χ0v) is 13.9. The van der Waals surface area contributed by atoms with E-state index in [1.807, 2.05) is 13.0 Å². The summed E-state index contributed by atoms with van der Waals surface area (Å²) in [7, 11) is 1.57. The minimum absolute atomic E-state index is 0.0734. The van der Waals surface area contributed by atoms with E-state index in [1.165, 1.54) is 4.90 Å². The van der Waals surface area contributed by atoms with Crippen LogP contribution in [0.25, 0.3) is 0 Å². The van der Waals surface area contributed by atoms with Gasteiger partial charge in [-0.05, 0) is 26.0 Å². The predicted octanol–water partition coefficient (Wildman–Crippen LogP) is 1.96. The lowest BCUT2D eigenvalue weighted by molar-refractivity contribution is -0.124. The van der Waals surface area contributed by atoms with E-state index in [9.17, 15) is 9.59 Å². The van der Waals surface area contributed by atoms with Crippen molar-refractivity contribution >= 4 is 23.3 Å². The third-order valence-corrected chi connectivity index (χ3v) is 4.04. The summed E-state index contributed by atoms with van der Waals surface area (Å²) in [5.74, 6) is 0.986. The predicted molar refractivity (Wildman–Crippen MR) is 90.2 cm³/mol. The maximum atomic E-state index is 12.6. The average Bonchev–Trinajstić information content (AvgIpc) is 2.94. The molecule has 1 aliphatic rings. The summed E-state index contributed by atoms with van der Waals surface area (Å²) in [6, 6.07) is 8.29. The lowest BCUT2D eigenvalue weighted by Gasteiger charge is -2.31. The zero-order chi connectivity index (χ0) is 17.3. The Morgan fingerprint density at radius 3 is 2.92 bits per heavy atom. The molecule has 0 saturated heterocycles. The molecule has 0 spiro atoms. The highest BCUT2D eigenvalue weighted by molar-refractivity contribution is 6.04. The number of benzene rings is 1. The Hall–Kier alpha value is -2.83. The number of carbonyl (C=O) groups is 2. The number of anilines is 2. The van der Waals surface area contributed by atoms with Crippen molar-refractivity contribution in [1.82, 2.24) is 9.78 Å². The van der Waals surface area contributed by atoms with Gasteiger partial charge in [0.25, 0.3) is 0 Å². The van der Waals surface area contributed by atoms with Crippen LogP contribution in [0.15, 0.2) is 30.3 Å². The second kappa shape index (κ2) is 6.35. The number of hydrogen-bond donors (Lipinski definition) is 1. The van der Waals surface area contributed by atoms with Crippen molar-refractivity contribution in [1.29, 1.82) is 0 Å². The topological polar surface area (TPSA) is 76.5 Å². The standard InChI is InChI=1S/C17H20N4O3/c1-11-9-15-20(19-11)8-7-16(22)21(15)12(2)17(23)18-13-5-4-6-14(10-13)24-3/h4-6,9-10,12H,7-8H2,1-3H3,(H,18,23)/t12-/m1/s1. The molecule has 1 aromatic heterocycles. The summed E-state index contributed by atoms with van der Waals surface area (Å²) in [4.78, 5) is 26.5. The number of carbonyl (C=O) groups excluding carboxylic acids is 2. The second-order valence-electron chi connectivity index (χ2n) is 5.78. The molecule has 1 N–H and O–H groups in total. The smallest absolute Gasteiger partial charge is 0.247 e. The average molecular weight is 328 g/mol. The molecule has 7 heteroatoms. The number of hydrogen-bond acceptors (Lipinski definition) is 4. The van der Waals surface area contributed by atoms with Crippen molar-refractivity contribution in [2.75, 3.05) is 17.3 Å². The third kappa shape index (κ3) is 2.97. The normalized spacial score (nSPS) is 15.0. The molecular weight excluding hydrogens is 308 g/mol. The fraction of sp³-hybridized carbons (Fsp3) is 0.353. The minimum Gasteiger partial charge on any atom is -0.497 e. The molecule has 0 bridgehead atoms. The minimum atomic E-state index is -0.640. The van der Waals surface area contributed by atoms with Gasteiger partial charge in [-0.15, -0.1) is 0 Å². The highest BCUT2D eigenvalue weighted by atomic mass is 16.5. The van der Waals surface area contributed by atoms with Gasteiger partial charge in [-0.2, -0.15) is 5.10 Å². The number of aromatic nitrogens is 2. The van der Waals surface area contributed by atoms with E-state index in [2.05, 4.69) is 10.4 Å². The summed E-state index contributed by atoms with van der Waals surface area (Å²) >= 11 is 0. The highest BCUT2D eigenvalue weighted by Crippen LogP contribution is 2.25. The Bertz CT molecular complexity index is 784. The summed E-state index contributed by atoms with van der Waals surface area (Å²) in [6.07, 6.45) is 0.338. The monoisotopic (exact) mass is 328 g/mol. The molecule has 7 nitrogen and oxygen atoms in total. The van der Waals surface area contributed by atoms with Crippen molar-refractivity contribution in [3.05, 3.63) is 36.0 Å². The molecule has 0 fully saturated rings. The van der Waals surface area contributed by atoms with Crippen molar-refractivity contribution in [3.63, 3.8) is 0 Å². The number of nitrogens with zero attached hydrogens (tertiary/aromatic N) is 3.